The lowest BCUT2D eigenvalue weighted by Gasteiger charge is -2.14. The number of fused-ring (bicyclic) bond motifs is 3. The van der Waals surface area contributed by atoms with Crippen molar-refractivity contribution in [1.29, 1.82) is 0 Å². The van der Waals surface area contributed by atoms with E-state index >= 15 is 0 Å². The van der Waals surface area contributed by atoms with Crippen molar-refractivity contribution >= 4 is 21.9 Å². The minimum Gasteiger partial charge on any atom is -0.336 e. The molecular formula is C15H16N2. The molecule has 0 aliphatic carbocycles. The van der Waals surface area contributed by atoms with Crippen LogP contribution in [-0.2, 0) is 0 Å². The number of nitrogens with zero attached hydrogens (tertiary/aromatic N) is 2. The molecule has 0 amide bonds. The molecule has 3 aromatic rings. The van der Waals surface area contributed by atoms with E-state index in [9.17, 15) is 0 Å². The highest BCUT2D eigenvalue weighted by atomic mass is 15.0. The van der Waals surface area contributed by atoms with Crippen molar-refractivity contribution in [3.8, 4) is 0 Å². The Morgan fingerprint density at radius 2 is 1.88 bits per heavy atom. The van der Waals surface area contributed by atoms with E-state index in [1.54, 1.807) is 0 Å². The van der Waals surface area contributed by atoms with Crippen LogP contribution >= 0.6 is 0 Å². The monoisotopic (exact) mass is 224 g/mol. The second-order valence-electron chi connectivity index (χ2n) is 4.52. The zero-order chi connectivity index (χ0) is 11.8. The number of para-hydroxylation sites is 1. The zero-order valence-electron chi connectivity index (χ0n) is 10.2. The van der Waals surface area contributed by atoms with Crippen LogP contribution in [0.15, 0.2) is 42.6 Å². The van der Waals surface area contributed by atoms with Gasteiger partial charge < -0.3 is 4.57 Å². The van der Waals surface area contributed by atoms with E-state index in [0.717, 1.165) is 11.9 Å². The van der Waals surface area contributed by atoms with Gasteiger partial charge in [0.15, 0.2) is 0 Å². The molecule has 2 heterocycles. The normalized spacial score (nSPS) is 13.3. The molecule has 2 nitrogen and oxygen atoms in total. The van der Waals surface area contributed by atoms with Crippen LogP contribution in [0.4, 0.5) is 0 Å². The molecule has 0 fully saturated rings. The maximum absolute atomic E-state index is 4.53. The molecule has 0 radical (unpaired) electrons. The Hall–Kier alpha value is -1.83. The van der Waals surface area contributed by atoms with Gasteiger partial charge in [-0.2, -0.15) is 0 Å². The van der Waals surface area contributed by atoms with Gasteiger partial charge in [-0.3, -0.25) is 4.98 Å². The van der Waals surface area contributed by atoms with Gasteiger partial charge in [-0.05, 0) is 31.5 Å². The molecule has 3 rings (SSSR count). The van der Waals surface area contributed by atoms with Crippen molar-refractivity contribution in [2.75, 3.05) is 0 Å². The van der Waals surface area contributed by atoms with Gasteiger partial charge in [-0.1, -0.05) is 25.1 Å². The summed E-state index contributed by atoms with van der Waals surface area (Å²) in [7, 11) is 0. The molecule has 2 heteroatoms. The van der Waals surface area contributed by atoms with Gasteiger partial charge in [-0.25, -0.2) is 0 Å². The van der Waals surface area contributed by atoms with Crippen LogP contribution in [0, 0.1) is 0 Å². The number of rotatable bonds is 2. The summed E-state index contributed by atoms with van der Waals surface area (Å²) >= 11 is 0. The van der Waals surface area contributed by atoms with Gasteiger partial charge in [0.25, 0.3) is 0 Å². The molecule has 0 spiro atoms. The van der Waals surface area contributed by atoms with E-state index in [4.69, 9.17) is 0 Å². The summed E-state index contributed by atoms with van der Waals surface area (Å²) in [6.07, 6.45) is 3.00. The Labute approximate surface area is 101 Å². The van der Waals surface area contributed by atoms with Crippen molar-refractivity contribution in [1.82, 2.24) is 9.55 Å². The summed E-state index contributed by atoms with van der Waals surface area (Å²) in [5, 5.41) is 1.25. The minimum atomic E-state index is 0.501. The number of hydrogen-bond acceptors (Lipinski definition) is 1. The fourth-order valence-corrected chi connectivity index (χ4v) is 2.47. The maximum Gasteiger partial charge on any atom is 0.0959 e. The van der Waals surface area contributed by atoms with Crippen molar-refractivity contribution in [3.63, 3.8) is 0 Å². The van der Waals surface area contributed by atoms with Crippen LogP contribution < -0.4 is 0 Å². The Bertz CT molecular complexity index is 614. The first-order valence-corrected chi connectivity index (χ1v) is 6.16. The summed E-state index contributed by atoms with van der Waals surface area (Å²) in [5.41, 5.74) is 3.64. The second-order valence-corrected chi connectivity index (χ2v) is 4.52. The first kappa shape index (κ1) is 10.3. The molecule has 86 valence electrons. The minimum absolute atomic E-state index is 0.501. The van der Waals surface area contributed by atoms with E-state index in [1.165, 1.54) is 16.4 Å². The fraction of sp³-hybridized carbons (Fsp3) is 0.267. The molecule has 2 aromatic heterocycles. The summed E-state index contributed by atoms with van der Waals surface area (Å²) < 4.78 is 2.40. The molecular weight excluding hydrogens is 208 g/mol. The summed E-state index contributed by atoms with van der Waals surface area (Å²) in [6.45, 7) is 4.49. The second kappa shape index (κ2) is 3.88. The lowest BCUT2D eigenvalue weighted by molar-refractivity contribution is 0.563. The highest BCUT2D eigenvalue weighted by Gasteiger charge is 2.13. The summed E-state index contributed by atoms with van der Waals surface area (Å²) in [5.74, 6) is 0. The average molecular weight is 224 g/mol. The number of benzene rings is 1. The SMILES string of the molecule is CCC(C)n1c2ccccc2c2ncccc21. The highest BCUT2D eigenvalue weighted by Crippen LogP contribution is 2.30. The Kier molecular flexibility index (Phi) is 2.36. The molecule has 1 atom stereocenters. The third-order valence-electron chi connectivity index (χ3n) is 3.50. The van der Waals surface area contributed by atoms with E-state index in [1.807, 2.05) is 12.3 Å². The average Bonchev–Trinajstić information content (AvgIpc) is 2.72. The van der Waals surface area contributed by atoms with Gasteiger partial charge >= 0.3 is 0 Å². The Morgan fingerprint density at radius 1 is 1.12 bits per heavy atom. The van der Waals surface area contributed by atoms with E-state index < -0.39 is 0 Å². The van der Waals surface area contributed by atoms with Crippen molar-refractivity contribution in [3.05, 3.63) is 42.6 Å². The summed E-state index contributed by atoms with van der Waals surface area (Å²) in [6, 6.07) is 13.2. The van der Waals surface area contributed by atoms with Crippen LogP contribution in [-0.4, -0.2) is 9.55 Å². The van der Waals surface area contributed by atoms with Crippen LogP contribution in [0.25, 0.3) is 21.9 Å². The quantitative estimate of drug-likeness (QED) is 0.639. The standard InChI is InChI=1S/C15H16N2/c1-3-11(2)17-13-8-5-4-7-12(13)15-14(17)9-6-10-16-15/h4-11H,3H2,1-2H3. The molecule has 17 heavy (non-hydrogen) atoms. The lowest BCUT2D eigenvalue weighted by Crippen LogP contribution is -2.02. The number of pyridine rings is 1. The first-order chi connectivity index (χ1) is 8.33. The molecule has 0 saturated heterocycles. The van der Waals surface area contributed by atoms with Crippen LogP contribution in [0.1, 0.15) is 26.3 Å². The highest BCUT2D eigenvalue weighted by molar-refractivity contribution is 6.05. The van der Waals surface area contributed by atoms with E-state index in [-0.39, 0.29) is 0 Å². The van der Waals surface area contributed by atoms with Gasteiger partial charge in [0.2, 0.25) is 0 Å². The molecule has 1 aromatic carbocycles. The lowest BCUT2D eigenvalue weighted by atomic mass is 10.2. The molecule has 0 bridgehead atoms. The smallest absolute Gasteiger partial charge is 0.0959 e. The first-order valence-electron chi connectivity index (χ1n) is 6.16. The topological polar surface area (TPSA) is 17.8 Å². The third kappa shape index (κ3) is 1.44. The zero-order valence-corrected chi connectivity index (χ0v) is 10.2. The number of hydrogen-bond donors (Lipinski definition) is 0. The predicted molar refractivity (Wildman–Crippen MR) is 72.2 cm³/mol. The largest absolute Gasteiger partial charge is 0.336 e. The molecule has 0 aliphatic heterocycles. The molecule has 0 saturated carbocycles. The fourth-order valence-electron chi connectivity index (χ4n) is 2.47. The molecule has 0 aliphatic rings. The van der Waals surface area contributed by atoms with Crippen LogP contribution in [0.2, 0.25) is 0 Å². The maximum atomic E-state index is 4.53. The molecule has 1 unspecified atom stereocenters. The van der Waals surface area contributed by atoms with Gasteiger partial charge in [0.1, 0.15) is 0 Å². The van der Waals surface area contributed by atoms with Crippen LogP contribution in [0.3, 0.4) is 0 Å². The Morgan fingerprint density at radius 3 is 2.71 bits per heavy atom. The Balaban J connectivity index is 2.50. The van der Waals surface area contributed by atoms with Crippen molar-refractivity contribution in [2.45, 2.75) is 26.3 Å². The van der Waals surface area contributed by atoms with E-state index in [2.05, 4.69) is 53.7 Å². The molecule has 0 N–H and O–H groups in total. The summed E-state index contributed by atoms with van der Waals surface area (Å²) in [4.78, 5) is 4.53. The van der Waals surface area contributed by atoms with Gasteiger partial charge in [-0.15, -0.1) is 0 Å². The van der Waals surface area contributed by atoms with Gasteiger partial charge in [0.05, 0.1) is 16.6 Å². The van der Waals surface area contributed by atoms with Gasteiger partial charge in [0, 0.05) is 17.6 Å². The van der Waals surface area contributed by atoms with Crippen LogP contribution in [0.5, 0.6) is 0 Å². The number of aromatic nitrogens is 2. The van der Waals surface area contributed by atoms with E-state index in [0.29, 0.717) is 6.04 Å². The predicted octanol–water partition coefficient (Wildman–Crippen LogP) is 4.16. The van der Waals surface area contributed by atoms with Crippen molar-refractivity contribution < 1.29 is 0 Å². The third-order valence-corrected chi connectivity index (χ3v) is 3.50. The van der Waals surface area contributed by atoms with Crippen molar-refractivity contribution in [2.24, 2.45) is 0 Å².